The number of hydrogen-bond acceptors (Lipinski definition) is 3. The van der Waals surface area contributed by atoms with Crippen LogP contribution in [0.3, 0.4) is 0 Å². The molecule has 0 spiro atoms. The van der Waals surface area contributed by atoms with E-state index in [9.17, 15) is 9.59 Å². The summed E-state index contributed by atoms with van der Waals surface area (Å²) in [7, 11) is 0. The fourth-order valence-corrected chi connectivity index (χ4v) is 4.09. The lowest BCUT2D eigenvalue weighted by molar-refractivity contribution is -0.138. The van der Waals surface area contributed by atoms with E-state index in [2.05, 4.69) is 11.4 Å². The molecule has 0 aromatic heterocycles. The first-order valence-electron chi connectivity index (χ1n) is 10.3. The summed E-state index contributed by atoms with van der Waals surface area (Å²) in [5.41, 5.74) is 3.23. The second-order valence-corrected chi connectivity index (χ2v) is 9.05. The number of halogens is 1. The van der Waals surface area contributed by atoms with Crippen molar-refractivity contribution in [3.63, 3.8) is 0 Å². The van der Waals surface area contributed by atoms with Crippen LogP contribution in [0.15, 0.2) is 48.5 Å². The minimum atomic E-state index is -0.543. The number of nitrogens with zero attached hydrogens (tertiary/aromatic N) is 1. The maximum Gasteiger partial charge on any atom is 0.242 e. The van der Waals surface area contributed by atoms with Crippen molar-refractivity contribution in [1.82, 2.24) is 10.2 Å². The molecular weight excluding hydrogens is 416 g/mol. The molecule has 2 rings (SSSR count). The van der Waals surface area contributed by atoms with Gasteiger partial charge in [0.1, 0.15) is 6.04 Å². The van der Waals surface area contributed by atoms with Crippen LogP contribution >= 0.6 is 23.4 Å². The summed E-state index contributed by atoms with van der Waals surface area (Å²) >= 11 is 7.57. The molecule has 0 saturated carbocycles. The summed E-state index contributed by atoms with van der Waals surface area (Å²) in [6, 6.07) is 15.2. The number of aryl methyl sites for hydroxylation is 1. The highest BCUT2D eigenvalue weighted by molar-refractivity contribution is 7.99. The smallest absolute Gasteiger partial charge is 0.242 e. The van der Waals surface area contributed by atoms with Gasteiger partial charge in [0.2, 0.25) is 11.8 Å². The molecule has 0 radical (unpaired) electrons. The lowest BCUT2D eigenvalue weighted by Crippen LogP contribution is -2.50. The molecular formula is C24H31ClN2O2S. The third-order valence-corrected chi connectivity index (χ3v) is 6.21. The van der Waals surface area contributed by atoms with Gasteiger partial charge < -0.3 is 10.2 Å². The largest absolute Gasteiger partial charge is 0.352 e. The molecule has 2 aromatic rings. The average Bonchev–Trinajstić information content (AvgIpc) is 2.71. The average molecular weight is 447 g/mol. The standard InChI is InChI=1S/C24H31ClN2O2S/c1-5-18(3)26-24(29)19(4)27(14-20-9-6-8-17(2)12-20)23(28)16-30-15-21-10-7-11-22(25)13-21/h6-13,18-19H,5,14-16H2,1-4H3,(H,26,29)/t18-,19-/m0/s1. The molecule has 0 aliphatic carbocycles. The fourth-order valence-electron chi connectivity index (χ4n) is 3.02. The molecule has 0 bridgehead atoms. The van der Waals surface area contributed by atoms with Crippen molar-refractivity contribution in [3.8, 4) is 0 Å². The predicted octanol–water partition coefficient (Wildman–Crippen LogP) is 5.21. The van der Waals surface area contributed by atoms with E-state index >= 15 is 0 Å². The third kappa shape index (κ3) is 7.69. The Morgan fingerprint density at radius 1 is 1.10 bits per heavy atom. The molecule has 2 atom stereocenters. The van der Waals surface area contributed by atoms with Crippen LogP contribution in [0.4, 0.5) is 0 Å². The van der Waals surface area contributed by atoms with Gasteiger partial charge in [0.15, 0.2) is 0 Å². The van der Waals surface area contributed by atoms with Gasteiger partial charge in [0.25, 0.3) is 0 Å². The van der Waals surface area contributed by atoms with E-state index in [4.69, 9.17) is 11.6 Å². The molecule has 4 nitrogen and oxygen atoms in total. The zero-order valence-electron chi connectivity index (χ0n) is 18.2. The maximum atomic E-state index is 13.1. The SMILES string of the molecule is CC[C@H](C)NC(=O)[C@H](C)N(Cc1cccc(C)c1)C(=O)CSCc1cccc(Cl)c1. The van der Waals surface area contributed by atoms with Gasteiger partial charge in [-0.2, -0.15) is 0 Å². The molecule has 2 amide bonds. The molecule has 0 saturated heterocycles. The van der Waals surface area contributed by atoms with Crippen LogP contribution in [-0.4, -0.2) is 34.6 Å². The van der Waals surface area contributed by atoms with Gasteiger partial charge in [0.05, 0.1) is 5.75 Å². The fraction of sp³-hybridized carbons (Fsp3) is 0.417. The predicted molar refractivity (Wildman–Crippen MR) is 127 cm³/mol. The van der Waals surface area contributed by atoms with Crippen LogP contribution in [0.5, 0.6) is 0 Å². The molecule has 0 heterocycles. The highest BCUT2D eigenvalue weighted by atomic mass is 35.5. The van der Waals surface area contributed by atoms with E-state index < -0.39 is 6.04 Å². The van der Waals surface area contributed by atoms with Crippen molar-refractivity contribution in [3.05, 3.63) is 70.2 Å². The van der Waals surface area contributed by atoms with Crippen molar-refractivity contribution in [1.29, 1.82) is 0 Å². The van der Waals surface area contributed by atoms with Gasteiger partial charge >= 0.3 is 0 Å². The van der Waals surface area contributed by atoms with Crippen molar-refractivity contribution in [2.75, 3.05) is 5.75 Å². The number of thioether (sulfide) groups is 1. The van der Waals surface area contributed by atoms with Crippen LogP contribution in [-0.2, 0) is 21.9 Å². The summed E-state index contributed by atoms with van der Waals surface area (Å²) in [6.07, 6.45) is 0.847. The molecule has 6 heteroatoms. The van der Waals surface area contributed by atoms with E-state index in [0.29, 0.717) is 23.1 Å². The summed E-state index contributed by atoms with van der Waals surface area (Å²) in [4.78, 5) is 27.5. The molecule has 2 aromatic carbocycles. The first-order chi connectivity index (χ1) is 14.3. The Labute approximate surface area is 189 Å². The first-order valence-corrected chi connectivity index (χ1v) is 11.8. The van der Waals surface area contributed by atoms with Gasteiger partial charge in [-0.3, -0.25) is 9.59 Å². The van der Waals surface area contributed by atoms with E-state index in [0.717, 1.165) is 23.1 Å². The summed E-state index contributed by atoms with van der Waals surface area (Å²) < 4.78 is 0. The van der Waals surface area contributed by atoms with E-state index in [-0.39, 0.29) is 17.9 Å². The van der Waals surface area contributed by atoms with Crippen LogP contribution in [0, 0.1) is 6.92 Å². The van der Waals surface area contributed by atoms with Crippen LogP contribution in [0.2, 0.25) is 5.02 Å². The minimum absolute atomic E-state index is 0.0460. The van der Waals surface area contributed by atoms with Crippen molar-refractivity contribution >= 4 is 35.2 Å². The lowest BCUT2D eigenvalue weighted by atomic mass is 10.1. The number of amides is 2. The van der Waals surface area contributed by atoms with Crippen LogP contribution in [0.1, 0.15) is 43.9 Å². The number of hydrogen-bond donors (Lipinski definition) is 1. The van der Waals surface area contributed by atoms with Crippen molar-refractivity contribution < 1.29 is 9.59 Å². The summed E-state index contributed by atoms with van der Waals surface area (Å²) in [6.45, 7) is 8.23. The number of carbonyl (C=O) groups excluding carboxylic acids is 2. The molecule has 0 unspecified atom stereocenters. The van der Waals surface area contributed by atoms with Crippen molar-refractivity contribution in [2.24, 2.45) is 0 Å². The number of benzene rings is 2. The highest BCUT2D eigenvalue weighted by Crippen LogP contribution is 2.19. The second-order valence-electron chi connectivity index (χ2n) is 7.63. The Kier molecular flexibility index (Phi) is 9.73. The Bertz CT molecular complexity index is 859. The highest BCUT2D eigenvalue weighted by Gasteiger charge is 2.26. The Morgan fingerprint density at radius 2 is 1.80 bits per heavy atom. The van der Waals surface area contributed by atoms with Crippen molar-refractivity contribution in [2.45, 2.75) is 58.5 Å². The van der Waals surface area contributed by atoms with E-state index in [1.54, 1.807) is 11.8 Å². The topological polar surface area (TPSA) is 49.4 Å². The summed E-state index contributed by atoms with van der Waals surface area (Å²) in [5.74, 6) is 0.831. The van der Waals surface area contributed by atoms with Gasteiger partial charge in [-0.25, -0.2) is 0 Å². The molecule has 0 fully saturated rings. The number of rotatable bonds is 10. The lowest BCUT2D eigenvalue weighted by Gasteiger charge is -2.29. The molecule has 1 N–H and O–H groups in total. The molecule has 30 heavy (non-hydrogen) atoms. The zero-order valence-corrected chi connectivity index (χ0v) is 19.7. The molecule has 0 aliphatic heterocycles. The molecule has 162 valence electrons. The quantitative estimate of drug-likeness (QED) is 0.544. The molecule has 0 aliphatic rings. The van der Waals surface area contributed by atoms with Crippen LogP contribution in [0.25, 0.3) is 0 Å². The van der Waals surface area contributed by atoms with Gasteiger partial charge in [-0.1, -0.05) is 60.5 Å². The normalized spacial score (nSPS) is 12.8. The monoisotopic (exact) mass is 446 g/mol. The van der Waals surface area contributed by atoms with E-state index in [1.807, 2.05) is 63.2 Å². The van der Waals surface area contributed by atoms with Gasteiger partial charge in [-0.15, -0.1) is 11.8 Å². The number of carbonyl (C=O) groups is 2. The second kappa shape index (κ2) is 12.0. The van der Waals surface area contributed by atoms with Gasteiger partial charge in [0, 0.05) is 23.4 Å². The van der Waals surface area contributed by atoms with Gasteiger partial charge in [-0.05, 0) is 50.5 Å². The van der Waals surface area contributed by atoms with Crippen LogP contribution < -0.4 is 5.32 Å². The minimum Gasteiger partial charge on any atom is -0.352 e. The van der Waals surface area contributed by atoms with E-state index in [1.165, 1.54) is 11.8 Å². The third-order valence-electron chi connectivity index (χ3n) is 4.99. The zero-order chi connectivity index (χ0) is 22.1. The maximum absolute atomic E-state index is 13.1. The summed E-state index contributed by atoms with van der Waals surface area (Å²) in [5, 5.41) is 3.69. The number of nitrogens with one attached hydrogen (secondary N) is 1. The first kappa shape index (κ1) is 24.3. The Morgan fingerprint density at radius 3 is 2.47 bits per heavy atom. The Balaban J connectivity index is 2.08. The Hall–Kier alpha value is -1.98.